The number of phosphoric ester groups is 1. The predicted octanol–water partition coefficient (Wildman–Crippen LogP) is 21.7. The van der Waals surface area contributed by atoms with Crippen LogP contribution in [-0.4, -0.2) is 68.5 Å². The van der Waals surface area contributed by atoms with Crippen LogP contribution in [0, 0.1) is 0 Å². The van der Waals surface area contributed by atoms with E-state index in [0.29, 0.717) is 17.4 Å². The molecule has 0 heterocycles. The summed E-state index contributed by atoms with van der Waals surface area (Å²) >= 11 is 0. The molecule has 0 aliphatic carbocycles. The third-order valence-electron chi connectivity index (χ3n) is 14.8. The smallest absolute Gasteiger partial charge is 0.268 e. The Morgan fingerprint density at radius 3 is 1.09 bits per heavy atom. The van der Waals surface area contributed by atoms with Crippen LogP contribution >= 0.6 is 7.82 Å². The maximum atomic E-state index is 13.0. The van der Waals surface area contributed by atoms with Gasteiger partial charge in [0.05, 0.1) is 39.9 Å². The Labute approximate surface area is 525 Å². The maximum absolute atomic E-state index is 13.0. The molecule has 0 aromatic rings. The second kappa shape index (κ2) is 64.8. The molecule has 0 radical (unpaired) electrons. The Bertz CT molecular complexity index is 1900. The number of nitrogens with one attached hydrogen (secondary N) is 1. The van der Waals surface area contributed by atoms with Gasteiger partial charge in [0.2, 0.25) is 5.91 Å². The average molecular weight is 1200 g/mol. The van der Waals surface area contributed by atoms with E-state index in [-0.39, 0.29) is 18.9 Å². The zero-order chi connectivity index (χ0) is 61.9. The van der Waals surface area contributed by atoms with Crippen LogP contribution in [0.4, 0.5) is 0 Å². The van der Waals surface area contributed by atoms with Crippen LogP contribution in [0.5, 0.6) is 0 Å². The lowest BCUT2D eigenvalue weighted by atomic mass is 10.0. The molecule has 85 heavy (non-hydrogen) atoms. The fourth-order valence-electron chi connectivity index (χ4n) is 9.43. The van der Waals surface area contributed by atoms with Gasteiger partial charge in [0, 0.05) is 6.42 Å². The topological polar surface area (TPSA) is 108 Å². The summed E-state index contributed by atoms with van der Waals surface area (Å²) in [6.07, 6.45) is 99.8. The van der Waals surface area contributed by atoms with Gasteiger partial charge in [0.15, 0.2) is 0 Å². The summed E-state index contributed by atoms with van der Waals surface area (Å²) in [5.74, 6) is -0.253. The minimum atomic E-state index is -4.64. The van der Waals surface area contributed by atoms with Gasteiger partial charge < -0.3 is 28.8 Å². The van der Waals surface area contributed by atoms with Crippen molar-refractivity contribution >= 4 is 13.7 Å². The van der Waals surface area contributed by atoms with Crippen molar-refractivity contribution in [3.63, 3.8) is 0 Å². The molecule has 0 saturated carbocycles. The standard InChI is InChI=1S/C76H131N2O6P/c1-6-8-10-12-14-16-18-20-22-24-26-28-30-32-34-36-38-39-40-42-44-46-48-50-52-54-56-58-60-62-64-66-68-70-76(80)77-74(73-84-85(81,82)83-72-71-78(3,4)5)75(79)69-67-65-63-61-59-57-55-53-51-49-47-45-43-41-37-35-33-31-29-27-25-23-21-19-17-15-13-11-9-7-2/h8,10,14,16,20,22,26,28,32,34,38-39,42,44,48,50,54,56,59-62,67,69,74-75,79H,6-7,9,11-13,15,17-19,21,23-25,27,29-31,33,35-37,40-41,43,45-47,49,51-53,55,57-58,63-66,68,70-73H2,1-5H3,(H-,77,80,81,82)/b10-8-,16-14-,22-20-,28-26-,34-32-,39-38-,44-42-,50-48-,56-54-,61-59+,62-60-,69-67+. The molecule has 486 valence electrons. The van der Waals surface area contributed by atoms with Crippen LogP contribution in [0.3, 0.4) is 0 Å². The molecule has 0 bridgehead atoms. The second-order valence-corrected chi connectivity index (χ2v) is 25.6. The van der Waals surface area contributed by atoms with E-state index in [9.17, 15) is 19.4 Å². The number of unbranched alkanes of at least 4 members (excludes halogenated alkanes) is 27. The Kier molecular flexibility index (Phi) is 62.1. The highest BCUT2D eigenvalue weighted by molar-refractivity contribution is 7.45. The zero-order valence-electron chi connectivity index (χ0n) is 55.5. The molecule has 0 saturated heterocycles. The van der Waals surface area contributed by atoms with Gasteiger partial charge in [0.1, 0.15) is 13.2 Å². The Morgan fingerprint density at radius 2 is 0.729 bits per heavy atom. The van der Waals surface area contributed by atoms with E-state index in [2.05, 4.69) is 153 Å². The quantitative estimate of drug-likeness (QED) is 0.0272. The lowest BCUT2D eigenvalue weighted by molar-refractivity contribution is -0.870. The van der Waals surface area contributed by atoms with Gasteiger partial charge in [-0.05, 0) is 109 Å². The normalized spacial score (nSPS) is 14.6. The number of phosphoric acid groups is 1. The SMILES string of the molecule is CC/C=C\C/C=C\C/C=C\C/C=C\C/C=C\C/C=C\C/C=C\C/C=C\C/C=C\C/C=C\CCCCC(=O)NC(COP(=O)([O-])OCC[N+](C)(C)C)C(O)/C=C/CC/C=C/CCCCCCCCCCCCCCCCCCCCCCCCCC. The van der Waals surface area contributed by atoms with Crippen molar-refractivity contribution in [3.05, 3.63) is 146 Å². The van der Waals surface area contributed by atoms with Crippen LogP contribution < -0.4 is 10.2 Å². The molecule has 0 rings (SSSR count). The monoisotopic (exact) mass is 1200 g/mol. The summed E-state index contributed by atoms with van der Waals surface area (Å²) in [4.78, 5) is 25.6. The average Bonchev–Trinajstić information content (AvgIpc) is 3.49. The molecule has 0 aliphatic heterocycles. The number of nitrogens with zero attached hydrogens (tertiary/aromatic N) is 1. The number of hydrogen-bond donors (Lipinski definition) is 2. The predicted molar refractivity (Wildman–Crippen MR) is 371 cm³/mol. The molecule has 1 amide bonds. The van der Waals surface area contributed by atoms with Gasteiger partial charge in [-0.1, -0.05) is 307 Å². The first-order valence-electron chi connectivity index (χ1n) is 34.7. The highest BCUT2D eigenvalue weighted by atomic mass is 31.2. The first kappa shape index (κ1) is 81.4. The van der Waals surface area contributed by atoms with Crippen molar-refractivity contribution in [1.82, 2.24) is 5.32 Å². The number of aliphatic hydroxyl groups is 1. The van der Waals surface area contributed by atoms with Crippen molar-refractivity contribution in [2.75, 3.05) is 40.9 Å². The number of amides is 1. The Morgan fingerprint density at radius 1 is 0.424 bits per heavy atom. The largest absolute Gasteiger partial charge is 0.756 e. The summed E-state index contributed by atoms with van der Waals surface area (Å²) in [6, 6.07) is -0.941. The van der Waals surface area contributed by atoms with Crippen LogP contribution in [0.1, 0.15) is 277 Å². The number of carbonyl (C=O) groups excluding carboxylic acids is 1. The fourth-order valence-corrected chi connectivity index (χ4v) is 10.2. The van der Waals surface area contributed by atoms with Gasteiger partial charge in [-0.3, -0.25) is 9.36 Å². The summed E-state index contributed by atoms with van der Waals surface area (Å²) in [5, 5.41) is 13.9. The van der Waals surface area contributed by atoms with Crippen molar-refractivity contribution in [1.29, 1.82) is 0 Å². The molecule has 8 nitrogen and oxygen atoms in total. The highest BCUT2D eigenvalue weighted by Gasteiger charge is 2.23. The van der Waals surface area contributed by atoms with Crippen molar-refractivity contribution in [3.8, 4) is 0 Å². The zero-order valence-corrected chi connectivity index (χ0v) is 56.4. The van der Waals surface area contributed by atoms with E-state index in [1.165, 1.54) is 154 Å². The van der Waals surface area contributed by atoms with E-state index in [1.807, 2.05) is 27.2 Å². The first-order valence-corrected chi connectivity index (χ1v) is 36.2. The molecular formula is C76H131N2O6P. The van der Waals surface area contributed by atoms with E-state index in [0.717, 1.165) is 96.3 Å². The second-order valence-electron chi connectivity index (χ2n) is 24.1. The molecule has 3 unspecified atom stereocenters. The molecule has 0 aromatic heterocycles. The van der Waals surface area contributed by atoms with Crippen LogP contribution in [0.2, 0.25) is 0 Å². The molecule has 0 spiro atoms. The highest BCUT2D eigenvalue weighted by Crippen LogP contribution is 2.38. The molecule has 2 N–H and O–H groups in total. The van der Waals surface area contributed by atoms with Gasteiger partial charge in [-0.25, -0.2) is 0 Å². The first-order chi connectivity index (χ1) is 41.5. The van der Waals surface area contributed by atoms with Gasteiger partial charge >= 0.3 is 0 Å². The van der Waals surface area contributed by atoms with Gasteiger partial charge in [-0.2, -0.15) is 0 Å². The van der Waals surface area contributed by atoms with Crippen LogP contribution in [0.15, 0.2) is 146 Å². The maximum Gasteiger partial charge on any atom is 0.268 e. The van der Waals surface area contributed by atoms with Crippen molar-refractivity contribution < 1.29 is 32.9 Å². The third-order valence-corrected chi connectivity index (χ3v) is 15.7. The van der Waals surface area contributed by atoms with E-state index in [4.69, 9.17) is 9.05 Å². The van der Waals surface area contributed by atoms with Crippen LogP contribution in [-0.2, 0) is 18.4 Å². The number of likely N-dealkylation sites (N-methyl/N-ethyl adjacent to an activating group) is 1. The number of rotatable bonds is 62. The van der Waals surface area contributed by atoms with Gasteiger partial charge in [-0.15, -0.1) is 0 Å². The molecule has 3 atom stereocenters. The lowest BCUT2D eigenvalue weighted by Gasteiger charge is -2.29. The molecular weight excluding hydrogens is 1070 g/mol. The summed E-state index contributed by atoms with van der Waals surface area (Å²) in [7, 11) is 1.20. The van der Waals surface area contributed by atoms with E-state index >= 15 is 0 Å². The number of aliphatic hydroxyl groups excluding tert-OH is 1. The number of quaternary nitrogens is 1. The number of carbonyl (C=O) groups is 1. The summed E-state index contributed by atoms with van der Waals surface area (Å²) in [5.41, 5.74) is 0. The van der Waals surface area contributed by atoms with E-state index in [1.54, 1.807) is 6.08 Å². The van der Waals surface area contributed by atoms with Crippen LogP contribution in [0.25, 0.3) is 0 Å². The third kappa shape index (κ3) is 67.7. The number of hydrogen-bond acceptors (Lipinski definition) is 6. The number of allylic oxidation sites excluding steroid dienone is 23. The Hall–Kier alpha value is -3.62. The minimum Gasteiger partial charge on any atom is -0.756 e. The van der Waals surface area contributed by atoms with Gasteiger partial charge in [0.25, 0.3) is 7.82 Å². The summed E-state index contributed by atoms with van der Waals surface area (Å²) < 4.78 is 23.4. The molecule has 9 heteroatoms. The molecule has 0 aromatic carbocycles. The van der Waals surface area contributed by atoms with Crippen molar-refractivity contribution in [2.45, 2.75) is 289 Å². The molecule has 0 fully saturated rings. The van der Waals surface area contributed by atoms with E-state index < -0.39 is 26.6 Å². The minimum absolute atomic E-state index is 0.0230. The van der Waals surface area contributed by atoms with Crippen molar-refractivity contribution in [2.24, 2.45) is 0 Å². The summed E-state index contributed by atoms with van der Waals surface area (Å²) in [6.45, 7) is 4.49. The molecule has 0 aliphatic rings. The fraction of sp³-hybridized carbons (Fsp3) is 0.671. The lowest BCUT2D eigenvalue weighted by Crippen LogP contribution is -2.45. The Balaban J connectivity index is 4.27.